The number of guanidine groups is 1. The molecule has 0 spiro atoms. The molecule has 1 unspecified atom stereocenters. The molecule has 1 heterocycles. The Bertz CT molecular complexity index is 633. The maximum Gasteiger partial charge on any atom is 0.407 e. The maximum absolute atomic E-state index is 12.1. The van der Waals surface area contributed by atoms with Gasteiger partial charge in [-0.15, -0.1) is 0 Å². The molecule has 0 fully saturated rings. The fraction of sp³-hybridized carbons (Fsp3) is 0.750. The van der Waals surface area contributed by atoms with Crippen LogP contribution >= 0.6 is 0 Å². The van der Waals surface area contributed by atoms with Crippen LogP contribution in [0, 0.1) is 5.92 Å². The van der Waals surface area contributed by atoms with E-state index in [1.807, 2.05) is 47.3 Å². The Balaban J connectivity index is 2.47. The number of amides is 1. The van der Waals surface area contributed by atoms with Crippen molar-refractivity contribution in [3.05, 3.63) is 18.0 Å². The number of nitrogens with zero attached hydrogens (tertiary/aromatic N) is 4. The number of carbonyl (C=O) groups excluding carboxylic acids is 1. The van der Waals surface area contributed by atoms with E-state index in [1.165, 1.54) is 5.56 Å². The van der Waals surface area contributed by atoms with Crippen molar-refractivity contribution in [3.63, 3.8) is 0 Å². The molecule has 0 saturated heterocycles. The van der Waals surface area contributed by atoms with E-state index in [-0.39, 0.29) is 12.1 Å². The minimum absolute atomic E-state index is 0.0331. The summed E-state index contributed by atoms with van der Waals surface area (Å²) >= 11 is 0. The molecular weight excluding hydrogens is 356 g/mol. The number of rotatable bonds is 8. The van der Waals surface area contributed by atoms with Crippen molar-refractivity contribution in [2.45, 2.75) is 59.1 Å². The standard InChI is InChI=1S/C20H38N6O2/c1-15(2)17(24-19(27)28-20(3,4)5)10-12-25(7)18(21-6)22-11-9-16-13-23-26(8)14-16/h13-15,17H,9-12H2,1-8H3,(H,21,22)(H,24,27). The van der Waals surface area contributed by atoms with Gasteiger partial charge in [0, 0.05) is 46.5 Å². The van der Waals surface area contributed by atoms with Crippen molar-refractivity contribution in [1.82, 2.24) is 25.3 Å². The summed E-state index contributed by atoms with van der Waals surface area (Å²) in [7, 11) is 5.70. The Morgan fingerprint density at radius 2 is 2.07 bits per heavy atom. The molecule has 1 rings (SSSR count). The van der Waals surface area contributed by atoms with E-state index >= 15 is 0 Å². The first-order chi connectivity index (χ1) is 13.0. The lowest BCUT2D eigenvalue weighted by Gasteiger charge is -2.28. The summed E-state index contributed by atoms with van der Waals surface area (Å²) in [4.78, 5) is 18.5. The number of carbonyl (C=O) groups is 1. The number of aliphatic imine (C=N–C) groups is 1. The van der Waals surface area contributed by atoms with Gasteiger partial charge in [0.25, 0.3) is 0 Å². The number of hydrogen-bond acceptors (Lipinski definition) is 4. The molecule has 8 nitrogen and oxygen atoms in total. The van der Waals surface area contributed by atoms with Gasteiger partial charge in [-0.25, -0.2) is 4.79 Å². The van der Waals surface area contributed by atoms with Crippen LogP contribution in [0.15, 0.2) is 17.4 Å². The molecule has 8 heteroatoms. The normalized spacial score (nSPS) is 13.4. The molecule has 160 valence electrons. The van der Waals surface area contributed by atoms with Crippen molar-refractivity contribution in [1.29, 1.82) is 0 Å². The molecule has 1 amide bonds. The van der Waals surface area contributed by atoms with E-state index < -0.39 is 5.60 Å². The highest BCUT2D eigenvalue weighted by Crippen LogP contribution is 2.11. The Hall–Kier alpha value is -2.25. The van der Waals surface area contributed by atoms with Gasteiger partial charge in [0.1, 0.15) is 5.60 Å². The average molecular weight is 395 g/mol. The first kappa shape index (κ1) is 23.8. The van der Waals surface area contributed by atoms with Crippen LogP contribution in [0.1, 0.15) is 46.6 Å². The summed E-state index contributed by atoms with van der Waals surface area (Å²) in [6.45, 7) is 11.4. The number of hydrogen-bond donors (Lipinski definition) is 2. The number of alkyl carbamates (subject to hydrolysis) is 1. The zero-order valence-electron chi connectivity index (χ0n) is 18.7. The predicted molar refractivity (Wildman–Crippen MR) is 114 cm³/mol. The van der Waals surface area contributed by atoms with Crippen molar-refractivity contribution in [2.75, 3.05) is 27.2 Å². The Kier molecular flexibility index (Phi) is 9.28. The molecule has 0 saturated carbocycles. The van der Waals surface area contributed by atoms with E-state index in [9.17, 15) is 4.79 Å². The molecule has 0 bridgehead atoms. The molecule has 0 aliphatic carbocycles. The first-order valence-electron chi connectivity index (χ1n) is 9.90. The van der Waals surface area contributed by atoms with Gasteiger partial charge in [0.05, 0.1) is 6.20 Å². The number of aromatic nitrogens is 2. The van der Waals surface area contributed by atoms with Crippen molar-refractivity contribution in [2.24, 2.45) is 18.0 Å². The summed E-state index contributed by atoms with van der Waals surface area (Å²) in [5.41, 5.74) is 0.692. The molecule has 1 atom stereocenters. The minimum atomic E-state index is -0.497. The summed E-state index contributed by atoms with van der Waals surface area (Å²) < 4.78 is 7.19. The lowest BCUT2D eigenvalue weighted by atomic mass is 10.0. The zero-order valence-corrected chi connectivity index (χ0v) is 18.7. The largest absolute Gasteiger partial charge is 0.444 e. The highest BCUT2D eigenvalue weighted by molar-refractivity contribution is 5.79. The van der Waals surface area contributed by atoms with Gasteiger partial charge in [-0.05, 0) is 45.1 Å². The Labute approximate surface area is 169 Å². The lowest BCUT2D eigenvalue weighted by Crippen LogP contribution is -2.45. The summed E-state index contributed by atoms with van der Waals surface area (Å²) in [5, 5.41) is 10.6. The smallest absolute Gasteiger partial charge is 0.407 e. The van der Waals surface area contributed by atoms with Gasteiger partial charge in [-0.3, -0.25) is 9.67 Å². The quantitative estimate of drug-likeness (QED) is 0.523. The molecule has 1 aromatic heterocycles. The number of nitrogens with one attached hydrogen (secondary N) is 2. The van der Waals surface area contributed by atoms with Gasteiger partial charge < -0.3 is 20.3 Å². The van der Waals surface area contributed by atoms with Crippen LogP contribution in [0.3, 0.4) is 0 Å². The molecule has 0 aliphatic rings. The SMILES string of the molecule is CN=C(NCCc1cnn(C)c1)N(C)CCC(NC(=O)OC(C)(C)C)C(C)C. The van der Waals surface area contributed by atoms with Gasteiger partial charge in [0.15, 0.2) is 5.96 Å². The second-order valence-electron chi connectivity index (χ2n) is 8.45. The van der Waals surface area contributed by atoms with Gasteiger partial charge in [0.2, 0.25) is 0 Å². The van der Waals surface area contributed by atoms with Gasteiger partial charge in [-0.2, -0.15) is 5.10 Å². The van der Waals surface area contributed by atoms with Crippen molar-refractivity contribution < 1.29 is 9.53 Å². The van der Waals surface area contributed by atoms with E-state index in [1.54, 1.807) is 11.7 Å². The van der Waals surface area contributed by atoms with Crippen LogP contribution in [0.25, 0.3) is 0 Å². The van der Waals surface area contributed by atoms with Crippen LogP contribution in [0.4, 0.5) is 4.79 Å². The Morgan fingerprint density at radius 3 is 2.57 bits per heavy atom. The summed E-state index contributed by atoms with van der Waals surface area (Å²) in [6, 6.07) is 0.0331. The average Bonchev–Trinajstić information content (AvgIpc) is 2.98. The molecular formula is C20H38N6O2. The second kappa shape index (κ2) is 10.9. The highest BCUT2D eigenvalue weighted by Gasteiger charge is 2.22. The fourth-order valence-corrected chi connectivity index (χ4v) is 2.77. The summed E-state index contributed by atoms with van der Waals surface area (Å²) in [6.07, 6.45) is 5.22. The molecule has 0 aliphatic heterocycles. The third-order valence-electron chi connectivity index (χ3n) is 4.31. The number of ether oxygens (including phenoxy) is 1. The zero-order chi connectivity index (χ0) is 21.3. The van der Waals surface area contributed by atoms with E-state index in [0.29, 0.717) is 5.92 Å². The summed E-state index contributed by atoms with van der Waals surface area (Å²) in [5.74, 6) is 1.14. The number of aryl methyl sites for hydroxylation is 1. The third-order valence-corrected chi connectivity index (χ3v) is 4.31. The van der Waals surface area contributed by atoms with Gasteiger partial charge in [-0.1, -0.05) is 13.8 Å². The lowest BCUT2D eigenvalue weighted by molar-refractivity contribution is 0.0486. The fourth-order valence-electron chi connectivity index (χ4n) is 2.77. The van der Waals surface area contributed by atoms with Crippen molar-refractivity contribution in [3.8, 4) is 0 Å². The second-order valence-corrected chi connectivity index (χ2v) is 8.45. The van der Waals surface area contributed by atoms with Gasteiger partial charge >= 0.3 is 6.09 Å². The maximum atomic E-state index is 12.1. The highest BCUT2D eigenvalue weighted by atomic mass is 16.6. The molecule has 28 heavy (non-hydrogen) atoms. The molecule has 2 N–H and O–H groups in total. The van der Waals surface area contributed by atoms with Crippen molar-refractivity contribution >= 4 is 12.1 Å². The first-order valence-corrected chi connectivity index (χ1v) is 9.90. The minimum Gasteiger partial charge on any atom is -0.444 e. The van der Waals surface area contributed by atoms with Crippen LogP contribution in [-0.4, -0.2) is 65.6 Å². The molecule has 0 radical (unpaired) electrons. The third kappa shape index (κ3) is 9.10. The van der Waals surface area contributed by atoms with Crippen LogP contribution in [0.2, 0.25) is 0 Å². The topological polar surface area (TPSA) is 83.8 Å². The van der Waals surface area contributed by atoms with Crippen LogP contribution in [0.5, 0.6) is 0 Å². The molecule has 0 aromatic carbocycles. The van der Waals surface area contributed by atoms with E-state index in [0.717, 1.165) is 31.9 Å². The van der Waals surface area contributed by atoms with Crippen LogP contribution < -0.4 is 10.6 Å². The monoisotopic (exact) mass is 394 g/mol. The van der Waals surface area contributed by atoms with E-state index in [4.69, 9.17) is 4.74 Å². The van der Waals surface area contributed by atoms with E-state index in [2.05, 4.69) is 39.5 Å². The predicted octanol–water partition coefficient (Wildman–Crippen LogP) is 2.41. The van der Waals surface area contributed by atoms with Crippen LogP contribution in [-0.2, 0) is 18.2 Å². The molecule has 1 aromatic rings. The Morgan fingerprint density at radius 1 is 1.39 bits per heavy atom.